The minimum atomic E-state index is -0.411. The summed E-state index contributed by atoms with van der Waals surface area (Å²) < 4.78 is 0. The lowest BCUT2D eigenvalue weighted by Crippen LogP contribution is -2.52. The van der Waals surface area contributed by atoms with E-state index in [1.807, 2.05) is 19.1 Å². The van der Waals surface area contributed by atoms with Crippen LogP contribution >= 0.6 is 12.4 Å². The average molecular weight is 340 g/mol. The van der Waals surface area contributed by atoms with Gasteiger partial charge in [0.1, 0.15) is 0 Å². The summed E-state index contributed by atoms with van der Waals surface area (Å²) in [6, 6.07) is 7.22. The Balaban J connectivity index is 0.00000264. The average Bonchev–Trinajstić information content (AvgIpc) is 2.52. The highest BCUT2D eigenvalue weighted by molar-refractivity contribution is 5.93. The van der Waals surface area contributed by atoms with Crippen molar-refractivity contribution in [1.82, 2.24) is 10.6 Å². The zero-order chi connectivity index (χ0) is 16.2. The molecule has 0 radical (unpaired) electrons. The van der Waals surface area contributed by atoms with Crippen LogP contribution in [0.3, 0.4) is 0 Å². The van der Waals surface area contributed by atoms with Crippen LogP contribution in [0.1, 0.15) is 48.5 Å². The molecule has 1 fully saturated rings. The topological polar surface area (TPSA) is 84.2 Å². The summed E-state index contributed by atoms with van der Waals surface area (Å²) in [5.74, 6) is -0.205. The van der Waals surface area contributed by atoms with Crippen molar-refractivity contribution < 1.29 is 9.59 Å². The van der Waals surface area contributed by atoms with Gasteiger partial charge in [0.2, 0.25) is 5.91 Å². The normalized spacial score (nSPS) is 23.5. The lowest BCUT2D eigenvalue weighted by molar-refractivity contribution is -0.128. The summed E-state index contributed by atoms with van der Waals surface area (Å²) in [4.78, 5) is 23.8. The molecule has 4 N–H and O–H groups in total. The predicted molar refractivity (Wildman–Crippen MR) is 93.5 cm³/mol. The molecule has 1 aromatic carbocycles. The molecule has 128 valence electrons. The fourth-order valence-corrected chi connectivity index (χ4v) is 3.02. The SMILES string of the molecule is CNC(=O)c1ccc(CNC(=O)C2CCCCC2(C)N)cc1.Cl. The van der Waals surface area contributed by atoms with Gasteiger partial charge in [0.15, 0.2) is 0 Å². The largest absolute Gasteiger partial charge is 0.355 e. The van der Waals surface area contributed by atoms with Crippen LogP contribution in [0.15, 0.2) is 24.3 Å². The van der Waals surface area contributed by atoms with Crippen molar-refractivity contribution in [1.29, 1.82) is 0 Å². The number of nitrogens with one attached hydrogen (secondary N) is 2. The Hall–Kier alpha value is -1.59. The molecular weight excluding hydrogens is 314 g/mol. The Labute approximate surface area is 143 Å². The van der Waals surface area contributed by atoms with Gasteiger partial charge in [-0.1, -0.05) is 25.0 Å². The molecule has 0 heterocycles. The van der Waals surface area contributed by atoms with Gasteiger partial charge in [0.05, 0.1) is 5.92 Å². The Morgan fingerprint density at radius 1 is 1.26 bits per heavy atom. The fraction of sp³-hybridized carbons (Fsp3) is 0.529. The highest BCUT2D eigenvalue weighted by Gasteiger charge is 2.37. The molecule has 1 aliphatic carbocycles. The molecule has 23 heavy (non-hydrogen) atoms. The summed E-state index contributed by atoms with van der Waals surface area (Å²) >= 11 is 0. The van der Waals surface area contributed by atoms with E-state index in [4.69, 9.17) is 5.73 Å². The molecule has 0 spiro atoms. The first-order valence-corrected chi connectivity index (χ1v) is 7.81. The van der Waals surface area contributed by atoms with E-state index in [1.54, 1.807) is 19.2 Å². The number of halogens is 1. The van der Waals surface area contributed by atoms with Gasteiger partial charge in [0, 0.05) is 24.7 Å². The molecule has 2 atom stereocenters. The van der Waals surface area contributed by atoms with Crippen LogP contribution < -0.4 is 16.4 Å². The summed E-state index contributed by atoms with van der Waals surface area (Å²) in [5, 5.41) is 5.55. The van der Waals surface area contributed by atoms with Crippen molar-refractivity contribution in [3.8, 4) is 0 Å². The quantitative estimate of drug-likeness (QED) is 0.784. The third kappa shape index (κ3) is 4.94. The second kappa shape index (κ2) is 8.31. The molecule has 2 amide bonds. The maximum absolute atomic E-state index is 12.4. The molecule has 1 saturated carbocycles. The van der Waals surface area contributed by atoms with Gasteiger partial charge >= 0.3 is 0 Å². The monoisotopic (exact) mass is 339 g/mol. The molecule has 0 aliphatic heterocycles. The second-order valence-corrected chi connectivity index (χ2v) is 6.30. The van der Waals surface area contributed by atoms with Crippen molar-refractivity contribution in [3.63, 3.8) is 0 Å². The minimum absolute atomic E-state index is 0. The van der Waals surface area contributed by atoms with E-state index >= 15 is 0 Å². The molecule has 2 rings (SSSR count). The second-order valence-electron chi connectivity index (χ2n) is 6.30. The molecular formula is C17H26ClN3O2. The van der Waals surface area contributed by atoms with Crippen molar-refractivity contribution in [2.24, 2.45) is 11.7 Å². The van der Waals surface area contributed by atoms with Crippen LogP contribution in [0, 0.1) is 5.92 Å². The van der Waals surface area contributed by atoms with E-state index in [-0.39, 0.29) is 30.1 Å². The van der Waals surface area contributed by atoms with Crippen molar-refractivity contribution >= 4 is 24.2 Å². The van der Waals surface area contributed by atoms with E-state index in [0.717, 1.165) is 31.2 Å². The number of amides is 2. The standard InChI is InChI=1S/C17H25N3O2.ClH/c1-17(18)10-4-3-5-14(17)16(22)20-11-12-6-8-13(9-7-12)15(21)19-2;/h6-9,14H,3-5,10-11,18H2,1-2H3,(H,19,21)(H,20,22);1H. The number of hydrogen-bond donors (Lipinski definition) is 3. The summed E-state index contributed by atoms with van der Waals surface area (Å²) in [5.41, 5.74) is 7.42. The highest BCUT2D eigenvalue weighted by Crippen LogP contribution is 2.31. The fourth-order valence-electron chi connectivity index (χ4n) is 3.02. The van der Waals surface area contributed by atoms with Crippen LogP contribution in [0.25, 0.3) is 0 Å². The Kier molecular flexibility index (Phi) is 7.03. The van der Waals surface area contributed by atoms with E-state index < -0.39 is 5.54 Å². The molecule has 2 unspecified atom stereocenters. The number of rotatable bonds is 4. The zero-order valence-electron chi connectivity index (χ0n) is 13.7. The zero-order valence-corrected chi connectivity index (χ0v) is 14.5. The highest BCUT2D eigenvalue weighted by atomic mass is 35.5. The lowest BCUT2D eigenvalue weighted by atomic mass is 9.74. The third-order valence-electron chi connectivity index (χ3n) is 4.48. The molecule has 5 nitrogen and oxygen atoms in total. The smallest absolute Gasteiger partial charge is 0.251 e. The first-order valence-electron chi connectivity index (χ1n) is 7.81. The molecule has 6 heteroatoms. The molecule has 0 bridgehead atoms. The van der Waals surface area contributed by atoms with Gasteiger partial charge in [0.25, 0.3) is 5.91 Å². The van der Waals surface area contributed by atoms with Gasteiger partial charge in [-0.15, -0.1) is 12.4 Å². The van der Waals surface area contributed by atoms with Crippen LogP contribution in [0.4, 0.5) is 0 Å². The Bertz CT molecular complexity index is 543. The summed E-state index contributed by atoms with van der Waals surface area (Å²) in [7, 11) is 1.60. The number of benzene rings is 1. The van der Waals surface area contributed by atoms with Crippen LogP contribution in [0.5, 0.6) is 0 Å². The first-order chi connectivity index (χ1) is 10.4. The van der Waals surface area contributed by atoms with Crippen LogP contribution in [-0.2, 0) is 11.3 Å². The van der Waals surface area contributed by atoms with Crippen LogP contribution in [-0.4, -0.2) is 24.4 Å². The van der Waals surface area contributed by atoms with Gasteiger partial charge in [-0.3, -0.25) is 9.59 Å². The summed E-state index contributed by atoms with van der Waals surface area (Å²) in [6.07, 6.45) is 3.91. The number of nitrogens with two attached hydrogens (primary N) is 1. The van der Waals surface area contributed by atoms with Crippen molar-refractivity contribution in [2.45, 2.75) is 44.7 Å². The predicted octanol–water partition coefficient (Wildman–Crippen LogP) is 1.99. The number of hydrogen-bond acceptors (Lipinski definition) is 3. The molecule has 0 saturated heterocycles. The Morgan fingerprint density at radius 2 is 1.91 bits per heavy atom. The van der Waals surface area contributed by atoms with E-state index in [0.29, 0.717) is 12.1 Å². The van der Waals surface area contributed by atoms with Crippen LogP contribution in [0.2, 0.25) is 0 Å². The first kappa shape index (κ1) is 19.5. The third-order valence-corrected chi connectivity index (χ3v) is 4.48. The van der Waals surface area contributed by atoms with Gasteiger partial charge in [-0.2, -0.15) is 0 Å². The van der Waals surface area contributed by atoms with E-state index in [1.165, 1.54) is 0 Å². The van der Waals surface area contributed by atoms with Gasteiger partial charge < -0.3 is 16.4 Å². The number of carbonyl (C=O) groups excluding carboxylic acids is 2. The van der Waals surface area contributed by atoms with Gasteiger partial charge in [-0.25, -0.2) is 0 Å². The van der Waals surface area contributed by atoms with Gasteiger partial charge in [-0.05, 0) is 37.5 Å². The Morgan fingerprint density at radius 3 is 2.48 bits per heavy atom. The number of carbonyl (C=O) groups is 2. The molecule has 0 aromatic heterocycles. The van der Waals surface area contributed by atoms with Crippen molar-refractivity contribution in [3.05, 3.63) is 35.4 Å². The maximum atomic E-state index is 12.4. The maximum Gasteiger partial charge on any atom is 0.251 e. The van der Waals surface area contributed by atoms with E-state index in [2.05, 4.69) is 10.6 Å². The van der Waals surface area contributed by atoms with E-state index in [9.17, 15) is 9.59 Å². The van der Waals surface area contributed by atoms with Crippen molar-refractivity contribution in [2.75, 3.05) is 7.05 Å². The minimum Gasteiger partial charge on any atom is -0.355 e. The molecule has 1 aliphatic rings. The molecule has 1 aromatic rings. The summed E-state index contributed by atoms with van der Waals surface area (Å²) in [6.45, 7) is 2.42. The lowest BCUT2D eigenvalue weighted by Gasteiger charge is -2.37.